The molecule has 0 bridgehead atoms. The van der Waals surface area contributed by atoms with Gasteiger partial charge in [-0.1, -0.05) is 53.6 Å². The molecule has 0 aliphatic heterocycles. The summed E-state index contributed by atoms with van der Waals surface area (Å²) in [6.07, 6.45) is 2.13. The molecular formula is C19H25N. The first-order valence-corrected chi connectivity index (χ1v) is 7.40. The minimum Gasteiger partial charge on any atom is -0.330 e. The van der Waals surface area contributed by atoms with Crippen molar-refractivity contribution in [3.63, 3.8) is 0 Å². The molecule has 0 saturated heterocycles. The zero-order valence-corrected chi connectivity index (χ0v) is 12.8. The van der Waals surface area contributed by atoms with E-state index in [1.54, 1.807) is 0 Å². The summed E-state index contributed by atoms with van der Waals surface area (Å²) in [5.74, 6) is 0.512. The zero-order valence-electron chi connectivity index (χ0n) is 12.8. The number of hydrogen-bond donors (Lipinski definition) is 1. The third-order valence-corrected chi connectivity index (χ3v) is 3.95. The van der Waals surface area contributed by atoms with Crippen molar-refractivity contribution in [3.8, 4) is 0 Å². The fourth-order valence-corrected chi connectivity index (χ4v) is 2.80. The summed E-state index contributed by atoms with van der Waals surface area (Å²) in [6.45, 7) is 7.22. The Kier molecular flexibility index (Phi) is 4.97. The molecule has 1 heteroatoms. The van der Waals surface area contributed by atoms with Crippen molar-refractivity contribution in [1.82, 2.24) is 0 Å². The molecule has 0 aromatic heterocycles. The van der Waals surface area contributed by atoms with E-state index in [-0.39, 0.29) is 0 Å². The van der Waals surface area contributed by atoms with Crippen molar-refractivity contribution < 1.29 is 0 Å². The Balaban J connectivity index is 2.09. The van der Waals surface area contributed by atoms with E-state index in [2.05, 4.69) is 63.2 Å². The van der Waals surface area contributed by atoms with Gasteiger partial charge in [-0.3, -0.25) is 0 Å². The van der Waals surface area contributed by atoms with Gasteiger partial charge in [-0.25, -0.2) is 0 Å². The Labute approximate surface area is 122 Å². The second-order valence-corrected chi connectivity index (χ2v) is 5.93. The van der Waals surface area contributed by atoms with Gasteiger partial charge >= 0.3 is 0 Å². The van der Waals surface area contributed by atoms with Gasteiger partial charge in [0.25, 0.3) is 0 Å². The molecule has 0 spiro atoms. The van der Waals surface area contributed by atoms with Gasteiger partial charge in [-0.05, 0) is 62.8 Å². The minimum absolute atomic E-state index is 0.512. The molecule has 0 saturated carbocycles. The Morgan fingerprint density at radius 3 is 2.30 bits per heavy atom. The van der Waals surface area contributed by atoms with Gasteiger partial charge in [0.05, 0.1) is 0 Å². The normalized spacial score (nSPS) is 12.4. The molecule has 0 fully saturated rings. The van der Waals surface area contributed by atoms with Gasteiger partial charge in [0, 0.05) is 0 Å². The Hall–Kier alpha value is -1.60. The summed E-state index contributed by atoms with van der Waals surface area (Å²) in [5.41, 5.74) is 12.8. The second-order valence-electron chi connectivity index (χ2n) is 5.93. The summed E-state index contributed by atoms with van der Waals surface area (Å²) in [7, 11) is 0. The van der Waals surface area contributed by atoms with E-state index >= 15 is 0 Å². The van der Waals surface area contributed by atoms with Crippen molar-refractivity contribution in [3.05, 3.63) is 70.3 Å². The van der Waals surface area contributed by atoms with Gasteiger partial charge in [0.15, 0.2) is 0 Å². The molecule has 1 unspecified atom stereocenters. The molecule has 1 atom stereocenters. The lowest BCUT2D eigenvalue weighted by Gasteiger charge is -2.17. The average molecular weight is 267 g/mol. The van der Waals surface area contributed by atoms with Crippen LogP contribution in [0.4, 0.5) is 0 Å². The van der Waals surface area contributed by atoms with Gasteiger partial charge in [0.2, 0.25) is 0 Å². The highest BCUT2D eigenvalue weighted by Crippen LogP contribution is 2.18. The van der Waals surface area contributed by atoms with Crippen molar-refractivity contribution in [1.29, 1.82) is 0 Å². The molecule has 2 aromatic rings. The molecule has 20 heavy (non-hydrogen) atoms. The maximum absolute atomic E-state index is 5.99. The monoisotopic (exact) mass is 267 g/mol. The number of rotatable bonds is 5. The van der Waals surface area contributed by atoms with E-state index in [4.69, 9.17) is 5.73 Å². The van der Waals surface area contributed by atoms with Crippen molar-refractivity contribution in [2.75, 3.05) is 6.54 Å². The number of nitrogens with two attached hydrogens (primary N) is 1. The van der Waals surface area contributed by atoms with Crippen LogP contribution in [-0.2, 0) is 12.8 Å². The zero-order chi connectivity index (χ0) is 14.5. The van der Waals surface area contributed by atoms with Crippen LogP contribution in [0.2, 0.25) is 0 Å². The van der Waals surface area contributed by atoms with E-state index in [1.165, 1.54) is 27.8 Å². The number of hydrogen-bond acceptors (Lipinski definition) is 1. The van der Waals surface area contributed by atoms with E-state index in [9.17, 15) is 0 Å². The van der Waals surface area contributed by atoms with Crippen LogP contribution in [0.15, 0.2) is 42.5 Å². The van der Waals surface area contributed by atoms with Gasteiger partial charge < -0.3 is 5.73 Å². The summed E-state index contributed by atoms with van der Waals surface area (Å²) in [4.78, 5) is 0. The van der Waals surface area contributed by atoms with E-state index in [1.807, 2.05) is 0 Å². The van der Waals surface area contributed by atoms with Crippen molar-refractivity contribution >= 4 is 0 Å². The SMILES string of the molecule is Cc1cccc(CC(CN)Cc2ccc(C)cc2C)c1. The number of benzene rings is 2. The standard InChI is InChI=1S/C19H25N/c1-14-5-4-6-17(10-14)11-18(13-20)12-19-8-7-15(2)9-16(19)3/h4-10,18H,11-13,20H2,1-3H3. The highest BCUT2D eigenvalue weighted by Gasteiger charge is 2.11. The fourth-order valence-electron chi connectivity index (χ4n) is 2.80. The van der Waals surface area contributed by atoms with E-state index in [0.29, 0.717) is 5.92 Å². The molecule has 0 heterocycles. The third kappa shape index (κ3) is 3.94. The quantitative estimate of drug-likeness (QED) is 0.871. The summed E-state index contributed by atoms with van der Waals surface area (Å²) in [5, 5.41) is 0. The highest BCUT2D eigenvalue weighted by atomic mass is 14.5. The third-order valence-electron chi connectivity index (χ3n) is 3.95. The van der Waals surface area contributed by atoms with Crippen LogP contribution in [0.25, 0.3) is 0 Å². The summed E-state index contributed by atoms with van der Waals surface area (Å²) in [6, 6.07) is 15.5. The average Bonchev–Trinajstić information content (AvgIpc) is 2.41. The van der Waals surface area contributed by atoms with E-state index < -0.39 is 0 Å². The second kappa shape index (κ2) is 6.71. The first kappa shape index (κ1) is 14.8. The maximum Gasteiger partial charge on any atom is -0.00425 e. The summed E-state index contributed by atoms with van der Waals surface area (Å²) >= 11 is 0. The minimum atomic E-state index is 0.512. The number of aryl methyl sites for hydroxylation is 3. The molecular weight excluding hydrogens is 242 g/mol. The van der Waals surface area contributed by atoms with Crippen molar-refractivity contribution in [2.24, 2.45) is 11.7 Å². The van der Waals surface area contributed by atoms with E-state index in [0.717, 1.165) is 19.4 Å². The lowest BCUT2D eigenvalue weighted by Crippen LogP contribution is -2.19. The van der Waals surface area contributed by atoms with Crippen molar-refractivity contribution in [2.45, 2.75) is 33.6 Å². The molecule has 0 amide bonds. The predicted molar refractivity (Wildman–Crippen MR) is 87.0 cm³/mol. The lowest BCUT2D eigenvalue weighted by atomic mass is 9.90. The van der Waals surface area contributed by atoms with Gasteiger partial charge in [0.1, 0.15) is 0 Å². The highest BCUT2D eigenvalue weighted by molar-refractivity contribution is 5.31. The smallest absolute Gasteiger partial charge is 0.00425 e. The lowest BCUT2D eigenvalue weighted by molar-refractivity contribution is 0.532. The van der Waals surface area contributed by atoms with Crippen LogP contribution in [0.1, 0.15) is 27.8 Å². The Morgan fingerprint density at radius 2 is 1.65 bits per heavy atom. The van der Waals surface area contributed by atoms with Crippen LogP contribution in [0, 0.1) is 26.7 Å². The Bertz CT molecular complexity index is 572. The van der Waals surface area contributed by atoms with Gasteiger partial charge in [-0.2, -0.15) is 0 Å². The molecule has 0 aliphatic carbocycles. The molecule has 106 valence electrons. The molecule has 1 nitrogen and oxygen atoms in total. The molecule has 0 aliphatic rings. The largest absolute Gasteiger partial charge is 0.330 e. The first-order chi connectivity index (χ1) is 9.58. The van der Waals surface area contributed by atoms with Crippen LogP contribution in [-0.4, -0.2) is 6.54 Å². The molecule has 2 N–H and O–H groups in total. The van der Waals surface area contributed by atoms with Gasteiger partial charge in [-0.15, -0.1) is 0 Å². The first-order valence-electron chi connectivity index (χ1n) is 7.40. The fraction of sp³-hybridized carbons (Fsp3) is 0.368. The topological polar surface area (TPSA) is 26.0 Å². The molecule has 2 rings (SSSR count). The van der Waals surface area contributed by atoms with Crippen LogP contribution < -0.4 is 5.73 Å². The predicted octanol–water partition coefficient (Wildman–Crippen LogP) is 3.97. The maximum atomic E-state index is 5.99. The van der Waals surface area contributed by atoms with Crippen LogP contribution in [0.5, 0.6) is 0 Å². The molecule has 0 radical (unpaired) electrons. The Morgan fingerprint density at radius 1 is 0.900 bits per heavy atom. The summed E-state index contributed by atoms with van der Waals surface area (Å²) < 4.78 is 0. The van der Waals surface area contributed by atoms with Crippen LogP contribution in [0.3, 0.4) is 0 Å². The molecule has 2 aromatic carbocycles. The van der Waals surface area contributed by atoms with Crippen LogP contribution >= 0.6 is 0 Å².